The lowest BCUT2D eigenvalue weighted by Gasteiger charge is -2.19. The van der Waals surface area contributed by atoms with E-state index in [1.54, 1.807) is 0 Å². The summed E-state index contributed by atoms with van der Waals surface area (Å²) < 4.78 is 101. The molecule has 11 heteroatoms. The molecule has 1 heterocycles. The van der Waals surface area contributed by atoms with E-state index in [0.717, 1.165) is 0 Å². The van der Waals surface area contributed by atoms with Gasteiger partial charge in [-0.05, 0) is 29.8 Å². The highest BCUT2D eigenvalue weighted by atomic mass is 79.9. The number of hydrogen-bond donors (Lipinski definition) is 0. The SMILES string of the molecule is CC(C)n1nc(C(F)(F)C(F)(F)F)c(C(F)(F)F)c1Br. The zero-order chi connectivity index (χ0) is 16.1. The Kier molecular flexibility index (Phi) is 4.16. The van der Waals surface area contributed by atoms with Crippen LogP contribution in [0.1, 0.15) is 31.1 Å². The Bertz CT molecular complexity index is 499. The fourth-order valence-corrected chi connectivity index (χ4v) is 2.26. The second kappa shape index (κ2) is 4.85. The molecule has 0 saturated carbocycles. The first-order valence-corrected chi connectivity index (χ1v) is 5.80. The zero-order valence-electron chi connectivity index (χ0n) is 9.87. The van der Waals surface area contributed by atoms with Crippen LogP contribution >= 0.6 is 15.9 Å². The molecule has 0 aliphatic heterocycles. The highest BCUT2D eigenvalue weighted by Crippen LogP contribution is 2.49. The van der Waals surface area contributed by atoms with Gasteiger partial charge in [-0.15, -0.1) is 0 Å². The Morgan fingerprint density at radius 1 is 1.00 bits per heavy atom. The van der Waals surface area contributed by atoms with E-state index in [0.29, 0.717) is 4.68 Å². The zero-order valence-corrected chi connectivity index (χ0v) is 11.5. The van der Waals surface area contributed by atoms with Crippen molar-refractivity contribution in [2.75, 3.05) is 0 Å². The first kappa shape index (κ1) is 17.2. The van der Waals surface area contributed by atoms with Crippen LogP contribution in [0.25, 0.3) is 0 Å². The van der Waals surface area contributed by atoms with Crippen LogP contribution in [0.3, 0.4) is 0 Å². The van der Waals surface area contributed by atoms with Crippen molar-refractivity contribution >= 4 is 15.9 Å². The van der Waals surface area contributed by atoms with Gasteiger partial charge in [-0.1, -0.05) is 0 Å². The fourth-order valence-electron chi connectivity index (χ4n) is 1.36. The summed E-state index contributed by atoms with van der Waals surface area (Å²) in [5, 5.41) is 2.79. The van der Waals surface area contributed by atoms with E-state index < -0.39 is 40.2 Å². The highest BCUT2D eigenvalue weighted by molar-refractivity contribution is 9.10. The third kappa shape index (κ3) is 2.77. The lowest BCUT2D eigenvalue weighted by atomic mass is 10.1. The minimum atomic E-state index is -6.18. The van der Waals surface area contributed by atoms with Crippen molar-refractivity contribution in [1.29, 1.82) is 0 Å². The van der Waals surface area contributed by atoms with Gasteiger partial charge in [0.05, 0.1) is 0 Å². The molecule has 1 rings (SSSR count). The number of aromatic nitrogens is 2. The van der Waals surface area contributed by atoms with Crippen molar-refractivity contribution in [1.82, 2.24) is 9.78 Å². The molecular formula is C9H7BrF8N2. The lowest BCUT2D eigenvalue weighted by Crippen LogP contribution is -2.36. The van der Waals surface area contributed by atoms with Crippen LogP contribution in [0, 0.1) is 0 Å². The Balaban J connectivity index is 3.67. The van der Waals surface area contributed by atoms with Crippen molar-refractivity contribution in [3.63, 3.8) is 0 Å². The van der Waals surface area contributed by atoms with E-state index in [9.17, 15) is 35.1 Å². The molecule has 20 heavy (non-hydrogen) atoms. The normalized spacial score (nSPS) is 14.2. The first-order chi connectivity index (χ1) is 8.71. The van der Waals surface area contributed by atoms with Gasteiger partial charge in [0.25, 0.3) is 0 Å². The van der Waals surface area contributed by atoms with Crippen molar-refractivity contribution in [3.05, 3.63) is 15.9 Å². The molecule has 0 radical (unpaired) electrons. The summed E-state index contributed by atoms with van der Waals surface area (Å²) in [6.07, 6.45) is -11.6. The van der Waals surface area contributed by atoms with E-state index in [4.69, 9.17) is 0 Å². The first-order valence-electron chi connectivity index (χ1n) is 5.01. The largest absolute Gasteiger partial charge is 0.459 e. The minimum absolute atomic E-state index is 0.414. The van der Waals surface area contributed by atoms with Gasteiger partial charge in [0, 0.05) is 6.04 Å². The number of nitrogens with zero attached hydrogens (tertiary/aromatic N) is 2. The van der Waals surface area contributed by atoms with Crippen LogP contribution in [0.2, 0.25) is 0 Å². The predicted molar refractivity (Wildman–Crippen MR) is 55.3 cm³/mol. The van der Waals surface area contributed by atoms with E-state index in [-0.39, 0.29) is 0 Å². The summed E-state index contributed by atoms with van der Waals surface area (Å²) in [6, 6.07) is -0.844. The lowest BCUT2D eigenvalue weighted by molar-refractivity contribution is -0.292. The maximum Gasteiger partial charge on any atom is 0.459 e. The van der Waals surface area contributed by atoms with Crippen molar-refractivity contribution in [3.8, 4) is 0 Å². The molecule has 0 amide bonds. The van der Waals surface area contributed by atoms with E-state index in [1.165, 1.54) is 13.8 Å². The van der Waals surface area contributed by atoms with Crippen LogP contribution in [0.4, 0.5) is 35.1 Å². The second-order valence-electron chi connectivity index (χ2n) is 4.12. The van der Waals surface area contributed by atoms with Crippen LogP contribution in [-0.2, 0) is 12.1 Å². The molecule has 1 aromatic heterocycles. The molecule has 0 aromatic carbocycles. The molecule has 0 unspecified atom stereocenters. The molecule has 2 nitrogen and oxygen atoms in total. The fraction of sp³-hybridized carbons (Fsp3) is 0.667. The maximum atomic E-state index is 13.2. The standard InChI is InChI=1S/C9H7BrF8N2/c1-3(2)20-6(10)4(8(13,14)15)5(19-20)7(11,12)9(16,17)18/h3H,1-2H3. The van der Waals surface area contributed by atoms with E-state index >= 15 is 0 Å². The molecule has 0 aliphatic rings. The van der Waals surface area contributed by atoms with Crippen molar-refractivity contribution in [2.24, 2.45) is 0 Å². The van der Waals surface area contributed by atoms with Gasteiger partial charge >= 0.3 is 18.3 Å². The number of halogens is 9. The Labute approximate surface area is 115 Å². The van der Waals surface area contributed by atoms with Gasteiger partial charge in [-0.25, -0.2) is 0 Å². The third-order valence-electron chi connectivity index (χ3n) is 2.28. The summed E-state index contributed by atoms with van der Waals surface area (Å²) in [4.78, 5) is 0. The number of rotatable bonds is 2. The van der Waals surface area contributed by atoms with Crippen molar-refractivity contribution < 1.29 is 35.1 Å². The Morgan fingerprint density at radius 3 is 1.75 bits per heavy atom. The average Bonchev–Trinajstić information content (AvgIpc) is 2.53. The number of alkyl halides is 8. The van der Waals surface area contributed by atoms with E-state index in [2.05, 4.69) is 21.0 Å². The van der Waals surface area contributed by atoms with Crippen LogP contribution in [0.15, 0.2) is 4.60 Å². The van der Waals surface area contributed by atoms with Gasteiger partial charge in [-0.3, -0.25) is 4.68 Å². The second-order valence-corrected chi connectivity index (χ2v) is 4.87. The van der Waals surface area contributed by atoms with Crippen LogP contribution in [-0.4, -0.2) is 16.0 Å². The minimum Gasteiger partial charge on any atom is -0.255 e. The third-order valence-corrected chi connectivity index (χ3v) is 3.04. The molecule has 0 aliphatic carbocycles. The summed E-state index contributed by atoms with van der Waals surface area (Å²) in [5.41, 5.74) is -4.49. The van der Waals surface area contributed by atoms with Gasteiger partial charge in [0.1, 0.15) is 10.2 Å². The molecule has 0 N–H and O–H groups in total. The monoisotopic (exact) mass is 374 g/mol. The smallest absolute Gasteiger partial charge is 0.255 e. The summed E-state index contributed by atoms with van der Waals surface area (Å²) in [5.74, 6) is -5.71. The van der Waals surface area contributed by atoms with Crippen molar-refractivity contribution in [2.45, 2.75) is 38.2 Å². The predicted octanol–water partition coefficient (Wildman–Crippen LogP) is 4.90. The quantitative estimate of drug-likeness (QED) is 0.673. The summed E-state index contributed by atoms with van der Waals surface area (Å²) >= 11 is 2.38. The number of hydrogen-bond acceptors (Lipinski definition) is 1. The molecule has 0 atom stereocenters. The summed E-state index contributed by atoms with van der Waals surface area (Å²) in [6.45, 7) is 2.57. The van der Waals surface area contributed by atoms with Gasteiger partial charge in [0.2, 0.25) is 0 Å². The topological polar surface area (TPSA) is 17.8 Å². The van der Waals surface area contributed by atoms with Gasteiger partial charge < -0.3 is 0 Å². The summed E-state index contributed by atoms with van der Waals surface area (Å²) in [7, 11) is 0. The highest BCUT2D eigenvalue weighted by Gasteiger charge is 2.64. The molecule has 0 spiro atoms. The molecule has 116 valence electrons. The molecule has 0 bridgehead atoms. The van der Waals surface area contributed by atoms with Crippen LogP contribution in [0.5, 0.6) is 0 Å². The van der Waals surface area contributed by atoms with Gasteiger partial charge in [0.15, 0.2) is 5.69 Å². The van der Waals surface area contributed by atoms with Gasteiger partial charge in [-0.2, -0.15) is 40.2 Å². The maximum absolute atomic E-state index is 13.2. The molecule has 0 fully saturated rings. The van der Waals surface area contributed by atoms with E-state index in [1.807, 2.05) is 0 Å². The molecule has 0 saturated heterocycles. The average molecular weight is 375 g/mol. The Morgan fingerprint density at radius 2 is 1.45 bits per heavy atom. The molecule has 1 aromatic rings. The molecular weight excluding hydrogens is 368 g/mol. The van der Waals surface area contributed by atoms with Crippen LogP contribution < -0.4 is 0 Å². The Hall–Kier alpha value is -0.870.